The third kappa shape index (κ3) is 4.29. The van der Waals surface area contributed by atoms with Gasteiger partial charge >= 0.3 is 0 Å². The Morgan fingerprint density at radius 2 is 1.68 bits per heavy atom. The maximum absolute atomic E-state index is 13.1. The summed E-state index contributed by atoms with van der Waals surface area (Å²) in [6.45, 7) is 2.85. The lowest BCUT2D eigenvalue weighted by Gasteiger charge is -2.50. The second-order valence-corrected chi connectivity index (χ2v) is 8.53. The van der Waals surface area contributed by atoms with Crippen LogP contribution in [-0.4, -0.2) is 40.7 Å². The van der Waals surface area contributed by atoms with Gasteiger partial charge < -0.3 is 9.80 Å². The molecule has 148 valence electrons. The van der Waals surface area contributed by atoms with E-state index in [0.717, 1.165) is 11.1 Å². The van der Waals surface area contributed by atoms with Gasteiger partial charge in [-0.1, -0.05) is 53.0 Å². The molecule has 1 atom stereocenters. The summed E-state index contributed by atoms with van der Waals surface area (Å²) in [5.41, 5.74) is 0.932. The van der Waals surface area contributed by atoms with E-state index < -0.39 is 5.54 Å². The van der Waals surface area contributed by atoms with E-state index in [-0.39, 0.29) is 18.2 Å². The first-order valence-corrected chi connectivity index (χ1v) is 10.1. The molecule has 1 aliphatic rings. The van der Waals surface area contributed by atoms with Crippen molar-refractivity contribution in [3.05, 3.63) is 68.7 Å². The van der Waals surface area contributed by atoms with Crippen LogP contribution in [0.4, 0.5) is 0 Å². The number of nitrogens with zero attached hydrogens (tertiary/aromatic N) is 2. The van der Waals surface area contributed by atoms with Gasteiger partial charge in [-0.05, 0) is 48.7 Å². The molecule has 0 aliphatic carbocycles. The predicted molar refractivity (Wildman–Crippen MR) is 113 cm³/mol. The van der Waals surface area contributed by atoms with Crippen LogP contribution < -0.4 is 0 Å². The molecule has 0 bridgehead atoms. The molecule has 2 aromatic carbocycles. The van der Waals surface area contributed by atoms with Crippen molar-refractivity contribution < 1.29 is 9.59 Å². The molecule has 0 radical (unpaired) electrons. The second-order valence-electron chi connectivity index (χ2n) is 7.28. The average molecular weight is 440 g/mol. The van der Waals surface area contributed by atoms with Crippen LogP contribution in [0.25, 0.3) is 0 Å². The van der Waals surface area contributed by atoms with E-state index in [1.807, 2.05) is 19.1 Å². The number of benzene rings is 2. The number of hydrogen-bond acceptors (Lipinski definition) is 2. The highest BCUT2D eigenvalue weighted by Crippen LogP contribution is 2.33. The maximum atomic E-state index is 13.1. The zero-order valence-electron chi connectivity index (χ0n) is 15.7. The number of likely N-dealkylation sites (tertiary alicyclic amines) is 1. The molecule has 0 saturated carbocycles. The highest BCUT2D eigenvalue weighted by Gasteiger charge is 2.50. The molecule has 7 heteroatoms. The molecule has 0 N–H and O–H groups in total. The Kier molecular flexibility index (Phi) is 6.23. The smallest absolute Gasteiger partial charge is 0.248 e. The van der Waals surface area contributed by atoms with E-state index >= 15 is 0 Å². The summed E-state index contributed by atoms with van der Waals surface area (Å²) < 4.78 is 0. The van der Waals surface area contributed by atoms with Crippen molar-refractivity contribution in [2.24, 2.45) is 0 Å². The minimum absolute atomic E-state index is 0.0730. The van der Waals surface area contributed by atoms with Gasteiger partial charge in [0.15, 0.2) is 0 Å². The number of carbonyl (C=O) groups excluding carboxylic acids is 2. The molecule has 2 aromatic rings. The van der Waals surface area contributed by atoms with Gasteiger partial charge in [-0.2, -0.15) is 0 Å². The lowest BCUT2D eigenvalue weighted by Crippen LogP contribution is -2.67. The zero-order chi connectivity index (χ0) is 20.5. The van der Waals surface area contributed by atoms with Gasteiger partial charge in [0.05, 0.1) is 16.5 Å². The Balaban J connectivity index is 1.66. The average Bonchev–Trinajstić information content (AvgIpc) is 2.64. The second kappa shape index (κ2) is 8.32. The van der Waals surface area contributed by atoms with Gasteiger partial charge in [0, 0.05) is 25.2 Å². The van der Waals surface area contributed by atoms with E-state index in [0.29, 0.717) is 34.6 Å². The van der Waals surface area contributed by atoms with Crippen LogP contribution in [0.2, 0.25) is 15.1 Å². The highest BCUT2D eigenvalue weighted by atomic mass is 35.5. The predicted octanol–water partition coefficient (Wildman–Crippen LogP) is 4.84. The Bertz CT molecular complexity index is 901. The summed E-state index contributed by atoms with van der Waals surface area (Å²) in [5.74, 6) is -0.170. The summed E-state index contributed by atoms with van der Waals surface area (Å²) in [6.07, 6.45) is 0.824. The van der Waals surface area contributed by atoms with Crippen molar-refractivity contribution in [3.8, 4) is 0 Å². The minimum atomic E-state index is -0.825. The normalized spacial score (nSPS) is 18.5. The number of carbonyl (C=O) groups is 2. The van der Waals surface area contributed by atoms with Gasteiger partial charge in [0.1, 0.15) is 5.54 Å². The fourth-order valence-corrected chi connectivity index (χ4v) is 3.89. The van der Waals surface area contributed by atoms with E-state index in [4.69, 9.17) is 34.8 Å². The molecule has 1 unspecified atom stereocenters. The first-order chi connectivity index (χ1) is 13.2. The molecule has 28 heavy (non-hydrogen) atoms. The molecule has 4 nitrogen and oxygen atoms in total. The SMILES string of the molecule is CN(Cc1ccc(Cl)cc1)C(=O)C1(C)CCN1C(=O)Cc1ccc(Cl)c(Cl)c1. The number of amides is 2. The molecular weight excluding hydrogens is 419 g/mol. The number of rotatable bonds is 5. The van der Waals surface area contributed by atoms with Crippen molar-refractivity contribution in [2.75, 3.05) is 13.6 Å². The van der Waals surface area contributed by atoms with Gasteiger partial charge in [-0.3, -0.25) is 9.59 Å². The van der Waals surface area contributed by atoms with Crippen LogP contribution in [0.5, 0.6) is 0 Å². The largest absolute Gasteiger partial charge is 0.339 e. The number of likely N-dealkylation sites (N-methyl/N-ethyl adjacent to an activating group) is 1. The Morgan fingerprint density at radius 1 is 1.04 bits per heavy atom. The first kappa shape index (κ1) is 21.0. The third-order valence-electron chi connectivity index (χ3n) is 5.20. The molecule has 1 fully saturated rings. The van der Waals surface area contributed by atoms with E-state index in [1.165, 1.54) is 0 Å². The standard InChI is InChI=1S/C21H21Cl3N2O2/c1-21(20(28)25(2)13-14-3-6-16(22)7-4-14)9-10-26(21)19(27)12-15-5-8-17(23)18(24)11-15/h3-8,11H,9-10,12-13H2,1-2H3. The summed E-state index contributed by atoms with van der Waals surface area (Å²) in [5, 5.41) is 1.52. The van der Waals surface area contributed by atoms with Crippen LogP contribution in [0.3, 0.4) is 0 Å². The number of hydrogen-bond donors (Lipinski definition) is 0. The first-order valence-electron chi connectivity index (χ1n) is 8.95. The van der Waals surface area contributed by atoms with E-state index in [2.05, 4.69) is 0 Å². The lowest BCUT2D eigenvalue weighted by atomic mass is 9.84. The molecule has 0 aromatic heterocycles. The van der Waals surface area contributed by atoms with Crippen LogP contribution in [0, 0.1) is 0 Å². The quantitative estimate of drug-likeness (QED) is 0.669. The van der Waals surface area contributed by atoms with Gasteiger partial charge in [0.2, 0.25) is 11.8 Å². The van der Waals surface area contributed by atoms with Crippen molar-refractivity contribution in [1.29, 1.82) is 0 Å². The Morgan fingerprint density at radius 3 is 2.25 bits per heavy atom. The summed E-state index contributed by atoms with van der Waals surface area (Å²) in [7, 11) is 1.75. The minimum Gasteiger partial charge on any atom is -0.339 e. The fourth-order valence-electron chi connectivity index (χ4n) is 3.45. The maximum Gasteiger partial charge on any atom is 0.248 e. The van der Waals surface area contributed by atoms with Crippen molar-refractivity contribution in [1.82, 2.24) is 9.80 Å². The Labute approximate surface area is 180 Å². The van der Waals surface area contributed by atoms with Crippen LogP contribution in [0.1, 0.15) is 24.5 Å². The zero-order valence-corrected chi connectivity index (χ0v) is 18.0. The third-order valence-corrected chi connectivity index (χ3v) is 6.19. The van der Waals surface area contributed by atoms with Crippen molar-refractivity contribution in [3.63, 3.8) is 0 Å². The van der Waals surface area contributed by atoms with Gasteiger partial charge in [-0.25, -0.2) is 0 Å². The molecule has 3 rings (SSSR count). The van der Waals surface area contributed by atoms with Gasteiger partial charge in [0.25, 0.3) is 0 Å². The van der Waals surface area contributed by atoms with Gasteiger partial charge in [-0.15, -0.1) is 0 Å². The monoisotopic (exact) mass is 438 g/mol. The van der Waals surface area contributed by atoms with Crippen molar-refractivity contribution in [2.45, 2.75) is 31.8 Å². The van der Waals surface area contributed by atoms with Crippen LogP contribution >= 0.6 is 34.8 Å². The molecule has 1 aliphatic heterocycles. The fraction of sp³-hybridized carbons (Fsp3) is 0.333. The van der Waals surface area contributed by atoms with E-state index in [9.17, 15) is 9.59 Å². The van der Waals surface area contributed by atoms with Crippen LogP contribution in [-0.2, 0) is 22.6 Å². The molecule has 2 amide bonds. The Hall–Kier alpha value is -1.75. The molecule has 1 saturated heterocycles. The molecular formula is C21H21Cl3N2O2. The summed E-state index contributed by atoms with van der Waals surface area (Å²) >= 11 is 17.9. The lowest BCUT2D eigenvalue weighted by molar-refractivity contribution is -0.163. The van der Waals surface area contributed by atoms with Crippen LogP contribution in [0.15, 0.2) is 42.5 Å². The molecule has 1 heterocycles. The molecule has 0 spiro atoms. The highest BCUT2D eigenvalue weighted by molar-refractivity contribution is 6.42. The number of halogens is 3. The summed E-state index contributed by atoms with van der Waals surface area (Å²) in [4.78, 5) is 29.1. The van der Waals surface area contributed by atoms with Crippen molar-refractivity contribution >= 4 is 46.6 Å². The topological polar surface area (TPSA) is 40.6 Å². The van der Waals surface area contributed by atoms with E-state index in [1.54, 1.807) is 47.2 Å². The summed E-state index contributed by atoms with van der Waals surface area (Å²) in [6, 6.07) is 12.5.